The minimum atomic E-state index is -0.728. The number of nitrogens with one attached hydrogen (secondary N) is 2. The Hall–Kier alpha value is -2.75. The smallest absolute Gasteiger partial charge is 0.319 e. The molecule has 0 fully saturated rings. The zero-order valence-electron chi connectivity index (χ0n) is 12.8. The fourth-order valence-corrected chi connectivity index (χ4v) is 4.26. The molecule has 0 aliphatic heterocycles. The van der Waals surface area contributed by atoms with Crippen LogP contribution in [-0.4, -0.2) is 26.9 Å². The number of anilines is 1. The van der Waals surface area contributed by atoms with Crippen LogP contribution < -0.4 is 11.1 Å². The molecule has 2 aromatic rings. The van der Waals surface area contributed by atoms with Crippen molar-refractivity contribution in [3.8, 4) is 0 Å². The first kappa shape index (κ1) is 16.1. The normalized spacial score (nSPS) is 16.5. The molecule has 0 saturated heterocycles. The quantitative estimate of drug-likeness (QED) is 0.570. The van der Waals surface area contributed by atoms with E-state index in [0.717, 1.165) is 35.9 Å². The van der Waals surface area contributed by atoms with E-state index in [2.05, 4.69) is 22.4 Å². The van der Waals surface area contributed by atoms with Crippen LogP contribution in [0.1, 0.15) is 44.6 Å². The van der Waals surface area contributed by atoms with Crippen LogP contribution in [-0.2, 0) is 12.8 Å². The van der Waals surface area contributed by atoms with Crippen LogP contribution in [0.5, 0.6) is 0 Å². The molecule has 0 unspecified atom stereocenters. The summed E-state index contributed by atoms with van der Waals surface area (Å²) >= 11 is 1.30. The number of fused-ring (bicyclic) bond motifs is 1. The largest absolute Gasteiger partial charge is 0.365 e. The third-order valence-corrected chi connectivity index (χ3v) is 5.20. The lowest BCUT2D eigenvalue weighted by Crippen LogP contribution is -2.20. The van der Waals surface area contributed by atoms with E-state index >= 15 is 0 Å². The minimum Gasteiger partial charge on any atom is -0.365 e. The number of aromatic nitrogens is 2. The Morgan fingerprint density at radius 3 is 2.96 bits per heavy atom. The number of carbonyl (C=O) groups is 2. The second-order valence-corrected chi connectivity index (χ2v) is 6.87. The predicted molar refractivity (Wildman–Crippen MR) is 87.2 cm³/mol. The molecular formula is C14H15N5O4S. The Morgan fingerprint density at radius 2 is 2.29 bits per heavy atom. The molecule has 9 nitrogen and oxygen atoms in total. The summed E-state index contributed by atoms with van der Waals surface area (Å²) in [6, 6.07) is 0. The van der Waals surface area contributed by atoms with Gasteiger partial charge in [-0.15, -0.1) is 11.3 Å². The lowest BCUT2D eigenvalue weighted by atomic mass is 9.88. The molecule has 0 bridgehead atoms. The molecule has 0 radical (unpaired) electrons. The van der Waals surface area contributed by atoms with Gasteiger partial charge in [0.1, 0.15) is 11.2 Å². The van der Waals surface area contributed by atoms with Gasteiger partial charge in [0.25, 0.3) is 11.8 Å². The number of nitrogens with two attached hydrogens (primary N) is 1. The highest BCUT2D eigenvalue weighted by molar-refractivity contribution is 7.17. The van der Waals surface area contributed by atoms with Gasteiger partial charge in [0.05, 0.1) is 10.5 Å². The van der Waals surface area contributed by atoms with Gasteiger partial charge in [-0.3, -0.25) is 24.8 Å². The maximum atomic E-state index is 12.3. The van der Waals surface area contributed by atoms with Crippen molar-refractivity contribution in [3.05, 3.63) is 38.0 Å². The summed E-state index contributed by atoms with van der Waals surface area (Å²) in [5.41, 5.74) is 5.96. The molecule has 4 N–H and O–H groups in total. The Labute approximate surface area is 140 Å². The standard InChI is InChI=1S/C14H15N5O4S/c1-6-2-3-7-9(4-6)24-14(10(7)12(15)20)17-13(21)11-8(19(22)23)5-16-18-11/h5-6H,2-4H2,1H3,(H2,15,20)(H,16,18)(H,17,21)/t6-/m0/s1. The molecule has 10 heteroatoms. The molecule has 1 aliphatic carbocycles. The number of rotatable bonds is 4. The number of H-pyrrole nitrogens is 1. The molecule has 1 aliphatic rings. The average molecular weight is 349 g/mol. The van der Waals surface area contributed by atoms with Crippen molar-refractivity contribution in [2.75, 3.05) is 5.32 Å². The molecular weight excluding hydrogens is 334 g/mol. The number of primary amides is 1. The molecule has 1 atom stereocenters. The van der Waals surface area contributed by atoms with E-state index in [1.165, 1.54) is 11.3 Å². The van der Waals surface area contributed by atoms with E-state index in [-0.39, 0.29) is 5.69 Å². The van der Waals surface area contributed by atoms with Crippen LogP contribution in [0.3, 0.4) is 0 Å². The monoisotopic (exact) mass is 349 g/mol. The van der Waals surface area contributed by atoms with E-state index in [4.69, 9.17) is 5.73 Å². The van der Waals surface area contributed by atoms with Crippen molar-refractivity contribution in [2.24, 2.45) is 11.7 Å². The topological polar surface area (TPSA) is 144 Å². The summed E-state index contributed by atoms with van der Waals surface area (Å²) in [6.45, 7) is 2.12. The first-order chi connectivity index (χ1) is 11.4. The first-order valence-electron chi connectivity index (χ1n) is 7.32. The average Bonchev–Trinajstić information content (AvgIpc) is 3.10. The highest BCUT2D eigenvalue weighted by atomic mass is 32.1. The molecule has 3 rings (SSSR count). The van der Waals surface area contributed by atoms with Crippen molar-refractivity contribution < 1.29 is 14.5 Å². The number of nitrogens with zero attached hydrogens (tertiary/aromatic N) is 2. The number of amides is 2. The Balaban J connectivity index is 1.95. The van der Waals surface area contributed by atoms with Gasteiger partial charge >= 0.3 is 5.69 Å². The van der Waals surface area contributed by atoms with Crippen molar-refractivity contribution >= 4 is 33.8 Å². The van der Waals surface area contributed by atoms with Crippen LogP contribution in [0, 0.1) is 16.0 Å². The van der Waals surface area contributed by atoms with E-state index < -0.39 is 22.4 Å². The maximum Gasteiger partial charge on any atom is 0.319 e. The molecule has 0 aromatic carbocycles. The van der Waals surface area contributed by atoms with Gasteiger partial charge in [0.2, 0.25) is 5.69 Å². The molecule has 2 amide bonds. The number of hydrogen-bond acceptors (Lipinski definition) is 6. The second-order valence-electron chi connectivity index (χ2n) is 5.76. The van der Waals surface area contributed by atoms with E-state index in [9.17, 15) is 19.7 Å². The van der Waals surface area contributed by atoms with Gasteiger partial charge < -0.3 is 11.1 Å². The zero-order valence-corrected chi connectivity index (χ0v) is 13.6. The highest BCUT2D eigenvalue weighted by Crippen LogP contribution is 2.39. The van der Waals surface area contributed by atoms with Gasteiger partial charge in [-0.25, -0.2) is 0 Å². The van der Waals surface area contributed by atoms with Crippen LogP contribution in [0.4, 0.5) is 10.7 Å². The predicted octanol–water partition coefficient (Wildman–Crippen LogP) is 1.86. The number of nitro groups is 1. The SMILES string of the molecule is C[C@H]1CCc2c(sc(NC(=O)c3[nH]ncc3[N+](=O)[O-])c2C(N)=O)C1. The lowest BCUT2D eigenvalue weighted by molar-refractivity contribution is -0.385. The van der Waals surface area contributed by atoms with Crippen LogP contribution in [0.15, 0.2) is 6.20 Å². The van der Waals surface area contributed by atoms with Crippen LogP contribution in [0.2, 0.25) is 0 Å². The zero-order chi connectivity index (χ0) is 17.4. The lowest BCUT2D eigenvalue weighted by Gasteiger charge is -2.18. The van der Waals surface area contributed by atoms with Crippen LogP contribution in [0.25, 0.3) is 0 Å². The van der Waals surface area contributed by atoms with E-state index in [1.54, 1.807) is 0 Å². The number of hydrogen-bond donors (Lipinski definition) is 3. The number of aromatic amines is 1. The highest BCUT2D eigenvalue weighted by Gasteiger charge is 2.29. The minimum absolute atomic E-state index is 0.268. The van der Waals surface area contributed by atoms with Gasteiger partial charge in [0, 0.05) is 4.88 Å². The molecule has 24 heavy (non-hydrogen) atoms. The Kier molecular flexibility index (Phi) is 4.06. The van der Waals surface area contributed by atoms with E-state index in [0.29, 0.717) is 16.5 Å². The van der Waals surface area contributed by atoms with Crippen molar-refractivity contribution in [3.63, 3.8) is 0 Å². The Morgan fingerprint density at radius 1 is 1.54 bits per heavy atom. The summed E-state index contributed by atoms with van der Waals surface area (Å²) < 4.78 is 0. The van der Waals surface area contributed by atoms with Crippen molar-refractivity contribution in [1.29, 1.82) is 0 Å². The summed E-state index contributed by atoms with van der Waals surface area (Å²) in [5.74, 6) is -0.848. The van der Waals surface area contributed by atoms with Gasteiger partial charge in [0.15, 0.2) is 0 Å². The molecule has 0 saturated carbocycles. The fourth-order valence-electron chi connectivity index (χ4n) is 2.85. The molecule has 2 heterocycles. The molecule has 2 aromatic heterocycles. The number of thiophene rings is 1. The maximum absolute atomic E-state index is 12.3. The molecule has 126 valence electrons. The fraction of sp³-hybridized carbons (Fsp3) is 0.357. The summed E-state index contributed by atoms with van der Waals surface area (Å²) in [4.78, 5) is 35.4. The van der Waals surface area contributed by atoms with Gasteiger partial charge in [-0.05, 0) is 30.7 Å². The summed E-state index contributed by atoms with van der Waals surface area (Å²) in [7, 11) is 0. The van der Waals surface area contributed by atoms with E-state index in [1.807, 2.05) is 0 Å². The summed E-state index contributed by atoms with van der Waals surface area (Å²) in [6.07, 6.45) is 3.46. The summed E-state index contributed by atoms with van der Waals surface area (Å²) in [5, 5.41) is 19.6. The van der Waals surface area contributed by atoms with Crippen molar-refractivity contribution in [1.82, 2.24) is 10.2 Å². The third kappa shape index (κ3) is 2.75. The Bertz CT molecular complexity index is 840. The van der Waals surface area contributed by atoms with Crippen LogP contribution >= 0.6 is 11.3 Å². The van der Waals surface area contributed by atoms with Gasteiger partial charge in [-0.1, -0.05) is 6.92 Å². The molecule has 0 spiro atoms. The first-order valence-corrected chi connectivity index (χ1v) is 8.13. The van der Waals surface area contributed by atoms with Crippen molar-refractivity contribution in [2.45, 2.75) is 26.2 Å². The third-order valence-electron chi connectivity index (χ3n) is 4.03. The number of carbonyl (C=O) groups excluding carboxylic acids is 2. The van der Waals surface area contributed by atoms with Gasteiger partial charge in [-0.2, -0.15) is 5.10 Å². The second kappa shape index (κ2) is 6.04.